The molecule has 1 aliphatic heterocycles. The Morgan fingerprint density at radius 2 is 2.04 bits per heavy atom. The molecule has 2 aromatic heterocycles. The molecule has 4 rings (SSSR count). The summed E-state index contributed by atoms with van der Waals surface area (Å²) in [4.78, 5) is 17.7. The van der Waals surface area contributed by atoms with Crippen molar-refractivity contribution in [2.75, 3.05) is 18.4 Å². The van der Waals surface area contributed by atoms with Crippen LogP contribution >= 0.6 is 23.7 Å². The number of halogens is 1. The van der Waals surface area contributed by atoms with Crippen LogP contribution in [0.1, 0.15) is 25.7 Å². The Labute approximate surface area is 163 Å². The molecule has 0 radical (unpaired) electrons. The Bertz CT molecular complexity index is 823. The zero-order valence-electron chi connectivity index (χ0n) is 14.5. The fourth-order valence-electron chi connectivity index (χ4n) is 3.32. The van der Waals surface area contributed by atoms with Crippen LogP contribution in [0.3, 0.4) is 0 Å². The third-order valence-electron chi connectivity index (χ3n) is 4.80. The highest BCUT2D eigenvalue weighted by Crippen LogP contribution is 2.23. The largest absolute Gasteiger partial charge is 0.326 e. The molecule has 138 valence electrons. The summed E-state index contributed by atoms with van der Waals surface area (Å²) in [6.07, 6.45) is 7.99. The van der Waals surface area contributed by atoms with E-state index < -0.39 is 0 Å². The van der Waals surface area contributed by atoms with Gasteiger partial charge in [0.25, 0.3) is 0 Å². The summed E-state index contributed by atoms with van der Waals surface area (Å²) in [5, 5.41) is 8.39. The molecule has 26 heavy (non-hydrogen) atoms. The van der Waals surface area contributed by atoms with E-state index in [0.717, 1.165) is 41.4 Å². The SMILES string of the molecule is Cl.O=C(CCC1CCNCC1)Nc1ccc(-c2cn3ccsc3n2)cc1. The number of carbonyl (C=O) groups excluding carboxylic acids is 1. The van der Waals surface area contributed by atoms with E-state index in [-0.39, 0.29) is 18.3 Å². The van der Waals surface area contributed by atoms with Gasteiger partial charge in [-0.15, -0.1) is 23.7 Å². The zero-order valence-corrected chi connectivity index (χ0v) is 16.1. The second-order valence-corrected chi connectivity index (χ2v) is 7.45. The molecule has 0 spiro atoms. The predicted octanol–water partition coefficient (Wildman–Crippen LogP) is 4.20. The van der Waals surface area contributed by atoms with E-state index in [4.69, 9.17) is 0 Å². The number of imidazole rings is 1. The van der Waals surface area contributed by atoms with Crippen molar-refractivity contribution in [2.24, 2.45) is 5.92 Å². The third kappa shape index (κ3) is 4.44. The average Bonchev–Trinajstić information content (AvgIpc) is 3.24. The van der Waals surface area contributed by atoms with Crippen LogP contribution in [0.4, 0.5) is 5.69 Å². The predicted molar refractivity (Wildman–Crippen MR) is 109 cm³/mol. The van der Waals surface area contributed by atoms with E-state index in [0.29, 0.717) is 12.3 Å². The molecule has 5 nitrogen and oxygen atoms in total. The second-order valence-electron chi connectivity index (χ2n) is 6.58. The third-order valence-corrected chi connectivity index (χ3v) is 5.57. The van der Waals surface area contributed by atoms with Crippen molar-refractivity contribution >= 4 is 40.3 Å². The maximum absolute atomic E-state index is 12.2. The number of fused-ring (bicyclic) bond motifs is 1. The van der Waals surface area contributed by atoms with Gasteiger partial charge in [0.15, 0.2) is 4.96 Å². The quantitative estimate of drug-likeness (QED) is 0.686. The molecule has 0 aliphatic carbocycles. The van der Waals surface area contributed by atoms with E-state index >= 15 is 0 Å². The number of anilines is 1. The molecule has 1 amide bonds. The van der Waals surface area contributed by atoms with Crippen LogP contribution in [0.2, 0.25) is 0 Å². The van der Waals surface area contributed by atoms with Gasteiger partial charge >= 0.3 is 0 Å². The summed E-state index contributed by atoms with van der Waals surface area (Å²) < 4.78 is 2.02. The summed E-state index contributed by atoms with van der Waals surface area (Å²) >= 11 is 1.62. The van der Waals surface area contributed by atoms with Crippen molar-refractivity contribution in [3.63, 3.8) is 0 Å². The summed E-state index contributed by atoms with van der Waals surface area (Å²) in [6, 6.07) is 7.92. The number of amides is 1. The zero-order chi connectivity index (χ0) is 17.1. The molecule has 0 saturated carbocycles. The summed E-state index contributed by atoms with van der Waals surface area (Å²) in [5.41, 5.74) is 2.86. The van der Waals surface area contributed by atoms with E-state index in [1.807, 2.05) is 46.4 Å². The van der Waals surface area contributed by atoms with Gasteiger partial charge in [-0.3, -0.25) is 9.20 Å². The molecule has 7 heteroatoms. The smallest absolute Gasteiger partial charge is 0.224 e. The number of thiazole rings is 1. The van der Waals surface area contributed by atoms with Gasteiger partial charge in [0.2, 0.25) is 5.91 Å². The lowest BCUT2D eigenvalue weighted by Crippen LogP contribution is -2.28. The minimum atomic E-state index is 0. The number of hydrogen-bond acceptors (Lipinski definition) is 4. The molecular weight excluding hydrogens is 368 g/mol. The van der Waals surface area contributed by atoms with E-state index in [1.54, 1.807) is 11.3 Å². The monoisotopic (exact) mass is 390 g/mol. The Hall–Kier alpha value is -1.89. The lowest BCUT2D eigenvalue weighted by atomic mass is 9.93. The van der Waals surface area contributed by atoms with Crippen LogP contribution < -0.4 is 10.6 Å². The van der Waals surface area contributed by atoms with Crippen molar-refractivity contribution < 1.29 is 4.79 Å². The van der Waals surface area contributed by atoms with Gasteiger partial charge in [-0.2, -0.15) is 0 Å². The Morgan fingerprint density at radius 3 is 2.77 bits per heavy atom. The Balaban J connectivity index is 0.00000196. The van der Waals surface area contributed by atoms with Gasteiger partial charge < -0.3 is 10.6 Å². The van der Waals surface area contributed by atoms with Crippen molar-refractivity contribution in [3.05, 3.63) is 42.0 Å². The molecule has 1 aliphatic rings. The van der Waals surface area contributed by atoms with Gasteiger partial charge in [0.1, 0.15) is 0 Å². The topological polar surface area (TPSA) is 58.4 Å². The standard InChI is InChI=1S/C19H22N4OS.ClH/c24-18(6-1-14-7-9-20-10-8-14)21-16-4-2-15(3-5-16)17-13-23-11-12-25-19(23)22-17;/h2-5,11-14,20H,1,6-10H2,(H,21,24);1H. The maximum atomic E-state index is 12.2. The van der Waals surface area contributed by atoms with Crippen LogP contribution in [-0.4, -0.2) is 28.4 Å². The van der Waals surface area contributed by atoms with Crippen LogP contribution in [0.5, 0.6) is 0 Å². The molecule has 1 aromatic carbocycles. The van der Waals surface area contributed by atoms with Crippen molar-refractivity contribution in [3.8, 4) is 11.3 Å². The number of rotatable bonds is 5. The lowest BCUT2D eigenvalue weighted by molar-refractivity contribution is -0.116. The highest BCUT2D eigenvalue weighted by atomic mass is 35.5. The van der Waals surface area contributed by atoms with Crippen LogP contribution in [0.15, 0.2) is 42.0 Å². The molecule has 3 aromatic rings. The number of piperidine rings is 1. The van der Waals surface area contributed by atoms with E-state index in [1.165, 1.54) is 12.8 Å². The van der Waals surface area contributed by atoms with Crippen molar-refractivity contribution in [1.29, 1.82) is 0 Å². The second kappa shape index (κ2) is 8.66. The minimum absolute atomic E-state index is 0. The summed E-state index contributed by atoms with van der Waals surface area (Å²) in [7, 11) is 0. The Morgan fingerprint density at radius 1 is 1.27 bits per heavy atom. The first-order valence-electron chi connectivity index (χ1n) is 8.81. The fraction of sp³-hybridized carbons (Fsp3) is 0.368. The van der Waals surface area contributed by atoms with Crippen LogP contribution in [0, 0.1) is 5.92 Å². The van der Waals surface area contributed by atoms with Crippen LogP contribution in [-0.2, 0) is 4.79 Å². The van der Waals surface area contributed by atoms with Crippen molar-refractivity contribution in [1.82, 2.24) is 14.7 Å². The molecule has 0 atom stereocenters. The molecular formula is C19H23ClN4OS. The first-order valence-corrected chi connectivity index (χ1v) is 9.69. The van der Waals surface area contributed by atoms with Gasteiger partial charge in [0, 0.05) is 35.4 Å². The molecule has 0 unspecified atom stereocenters. The fourth-order valence-corrected chi connectivity index (χ4v) is 4.02. The highest BCUT2D eigenvalue weighted by Gasteiger charge is 2.14. The minimum Gasteiger partial charge on any atom is -0.326 e. The molecule has 3 heterocycles. The average molecular weight is 391 g/mol. The van der Waals surface area contributed by atoms with E-state index in [2.05, 4.69) is 15.6 Å². The number of nitrogens with zero attached hydrogens (tertiary/aromatic N) is 2. The van der Waals surface area contributed by atoms with Crippen molar-refractivity contribution in [2.45, 2.75) is 25.7 Å². The number of benzene rings is 1. The summed E-state index contributed by atoms with van der Waals surface area (Å²) in [6.45, 7) is 2.17. The van der Waals surface area contributed by atoms with E-state index in [9.17, 15) is 4.79 Å². The normalized spacial score (nSPS) is 14.9. The van der Waals surface area contributed by atoms with Gasteiger partial charge in [0.05, 0.1) is 5.69 Å². The number of aromatic nitrogens is 2. The lowest BCUT2D eigenvalue weighted by Gasteiger charge is -2.22. The number of hydrogen-bond donors (Lipinski definition) is 2. The summed E-state index contributed by atoms with van der Waals surface area (Å²) in [5.74, 6) is 0.790. The Kier molecular flexibility index (Phi) is 6.29. The maximum Gasteiger partial charge on any atom is 0.224 e. The van der Waals surface area contributed by atoms with Crippen LogP contribution in [0.25, 0.3) is 16.2 Å². The molecule has 2 N–H and O–H groups in total. The number of nitrogens with one attached hydrogen (secondary N) is 2. The molecule has 0 bridgehead atoms. The highest BCUT2D eigenvalue weighted by molar-refractivity contribution is 7.15. The van der Waals surface area contributed by atoms with Gasteiger partial charge in [-0.25, -0.2) is 4.98 Å². The van der Waals surface area contributed by atoms with Gasteiger partial charge in [-0.05, 0) is 50.4 Å². The van der Waals surface area contributed by atoms with Gasteiger partial charge in [-0.1, -0.05) is 12.1 Å². The molecule has 1 saturated heterocycles. The first kappa shape index (κ1) is 18.9. The number of carbonyl (C=O) groups is 1. The first-order chi connectivity index (χ1) is 12.3. The molecule has 1 fully saturated rings.